The highest BCUT2D eigenvalue weighted by molar-refractivity contribution is 7.89. The number of aromatic amines is 1. The van der Waals surface area contributed by atoms with Crippen molar-refractivity contribution in [3.8, 4) is 0 Å². The van der Waals surface area contributed by atoms with Crippen molar-refractivity contribution in [1.82, 2.24) is 9.29 Å². The normalized spacial score (nSPS) is 15.7. The van der Waals surface area contributed by atoms with Crippen LogP contribution in [-0.2, 0) is 23.0 Å². The van der Waals surface area contributed by atoms with Gasteiger partial charge >= 0.3 is 0 Å². The van der Waals surface area contributed by atoms with Crippen LogP contribution in [0.1, 0.15) is 11.3 Å². The number of fused-ring (bicyclic) bond motifs is 3. The standard InChI is InChI=1S/C17H15ClN2O2S/c18-12-6-7-16-14(10-12)15-11-20(9-8-17(15)19-16)23(21,22)13-4-2-1-3-5-13/h1-7,10,19H,8-9,11H2. The molecule has 2 aromatic carbocycles. The van der Waals surface area contributed by atoms with Crippen LogP contribution in [-0.4, -0.2) is 24.3 Å². The van der Waals surface area contributed by atoms with E-state index in [9.17, 15) is 8.42 Å². The summed E-state index contributed by atoms with van der Waals surface area (Å²) in [6.45, 7) is 0.845. The Kier molecular flexibility index (Phi) is 3.44. The van der Waals surface area contributed by atoms with E-state index in [1.165, 1.54) is 0 Å². The molecule has 0 amide bonds. The predicted molar refractivity (Wildman–Crippen MR) is 91.1 cm³/mol. The zero-order valence-corrected chi connectivity index (χ0v) is 13.9. The highest BCUT2D eigenvalue weighted by Gasteiger charge is 2.30. The van der Waals surface area contributed by atoms with E-state index in [1.54, 1.807) is 28.6 Å². The van der Waals surface area contributed by atoms with Gasteiger partial charge in [0.25, 0.3) is 0 Å². The van der Waals surface area contributed by atoms with Crippen molar-refractivity contribution < 1.29 is 8.42 Å². The molecule has 0 spiro atoms. The quantitative estimate of drug-likeness (QED) is 0.771. The molecule has 0 aliphatic carbocycles. The maximum atomic E-state index is 12.8. The van der Waals surface area contributed by atoms with Crippen LogP contribution in [0.25, 0.3) is 10.9 Å². The molecule has 0 saturated heterocycles. The summed E-state index contributed by atoms with van der Waals surface area (Å²) in [5.41, 5.74) is 3.12. The molecule has 1 aliphatic heterocycles. The molecule has 1 aliphatic rings. The number of hydrogen-bond donors (Lipinski definition) is 1. The van der Waals surface area contributed by atoms with Crippen molar-refractivity contribution in [2.45, 2.75) is 17.9 Å². The summed E-state index contributed by atoms with van der Waals surface area (Å²) in [6.07, 6.45) is 0.674. The van der Waals surface area contributed by atoms with Gasteiger partial charge in [0.1, 0.15) is 0 Å². The Hall–Kier alpha value is -1.82. The molecule has 118 valence electrons. The number of sulfonamides is 1. The Labute approximate surface area is 139 Å². The second kappa shape index (κ2) is 5.37. The van der Waals surface area contributed by atoms with Crippen LogP contribution >= 0.6 is 11.6 Å². The van der Waals surface area contributed by atoms with Crippen molar-refractivity contribution in [2.24, 2.45) is 0 Å². The molecule has 0 saturated carbocycles. The van der Waals surface area contributed by atoms with Crippen molar-refractivity contribution in [3.63, 3.8) is 0 Å². The number of nitrogens with zero attached hydrogens (tertiary/aromatic N) is 1. The largest absolute Gasteiger partial charge is 0.358 e. The highest BCUT2D eigenvalue weighted by atomic mass is 35.5. The lowest BCUT2D eigenvalue weighted by atomic mass is 10.1. The Morgan fingerprint density at radius 3 is 2.65 bits per heavy atom. The third-order valence-corrected chi connectivity index (χ3v) is 6.38. The minimum Gasteiger partial charge on any atom is -0.358 e. The van der Waals surface area contributed by atoms with Gasteiger partial charge < -0.3 is 4.98 Å². The first-order valence-electron chi connectivity index (χ1n) is 7.40. The zero-order valence-electron chi connectivity index (χ0n) is 12.3. The SMILES string of the molecule is O=S(=O)(c1ccccc1)N1CCc2[nH]c3ccc(Cl)cc3c2C1. The maximum absolute atomic E-state index is 12.8. The number of halogens is 1. The molecule has 23 heavy (non-hydrogen) atoms. The summed E-state index contributed by atoms with van der Waals surface area (Å²) >= 11 is 6.09. The third-order valence-electron chi connectivity index (χ3n) is 4.28. The average molecular weight is 347 g/mol. The van der Waals surface area contributed by atoms with Crippen molar-refractivity contribution in [2.75, 3.05) is 6.54 Å². The van der Waals surface area contributed by atoms with E-state index >= 15 is 0 Å². The Morgan fingerprint density at radius 2 is 1.87 bits per heavy atom. The fourth-order valence-corrected chi connectivity index (χ4v) is 4.71. The number of rotatable bonds is 2. The molecule has 1 aromatic heterocycles. The van der Waals surface area contributed by atoms with E-state index in [-0.39, 0.29) is 0 Å². The van der Waals surface area contributed by atoms with Gasteiger partial charge in [0.15, 0.2) is 0 Å². The first-order chi connectivity index (χ1) is 11.1. The van der Waals surface area contributed by atoms with Crippen LogP contribution in [0, 0.1) is 0 Å². The van der Waals surface area contributed by atoms with Crippen LogP contribution in [0.4, 0.5) is 0 Å². The lowest BCUT2D eigenvalue weighted by Gasteiger charge is -2.26. The second-order valence-corrected chi connectivity index (χ2v) is 8.05. The highest BCUT2D eigenvalue weighted by Crippen LogP contribution is 2.31. The van der Waals surface area contributed by atoms with Crippen LogP contribution in [0.15, 0.2) is 53.4 Å². The molecular weight excluding hydrogens is 332 g/mol. The fraction of sp³-hybridized carbons (Fsp3) is 0.176. The van der Waals surface area contributed by atoms with Crippen molar-refractivity contribution in [3.05, 3.63) is 64.8 Å². The van der Waals surface area contributed by atoms with E-state index < -0.39 is 10.0 Å². The van der Waals surface area contributed by atoms with Gasteiger partial charge in [0.2, 0.25) is 10.0 Å². The molecule has 0 unspecified atom stereocenters. The number of nitrogens with one attached hydrogen (secondary N) is 1. The molecular formula is C17H15ClN2O2S. The summed E-state index contributed by atoms with van der Waals surface area (Å²) in [7, 11) is -3.47. The van der Waals surface area contributed by atoms with E-state index in [1.807, 2.05) is 24.3 Å². The zero-order chi connectivity index (χ0) is 16.0. The molecule has 4 nitrogen and oxygen atoms in total. The molecule has 4 rings (SSSR count). The summed E-state index contributed by atoms with van der Waals surface area (Å²) in [5.74, 6) is 0. The summed E-state index contributed by atoms with van der Waals surface area (Å²) in [4.78, 5) is 3.71. The lowest BCUT2D eigenvalue weighted by Crippen LogP contribution is -2.35. The van der Waals surface area contributed by atoms with Crippen LogP contribution in [0.3, 0.4) is 0 Å². The number of H-pyrrole nitrogens is 1. The fourth-order valence-electron chi connectivity index (χ4n) is 3.11. The smallest absolute Gasteiger partial charge is 0.243 e. The van der Waals surface area contributed by atoms with Gasteiger partial charge in [-0.2, -0.15) is 4.31 Å². The van der Waals surface area contributed by atoms with Gasteiger partial charge in [-0.1, -0.05) is 29.8 Å². The topological polar surface area (TPSA) is 53.2 Å². The molecule has 0 fully saturated rings. The van der Waals surface area contributed by atoms with E-state index in [0.717, 1.165) is 22.2 Å². The molecule has 1 N–H and O–H groups in total. The number of hydrogen-bond acceptors (Lipinski definition) is 2. The monoisotopic (exact) mass is 346 g/mol. The first-order valence-corrected chi connectivity index (χ1v) is 9.22. The van der Waals surface area contributed by atoms with Gasteiger partial charge in [0, 0.05) is 41.1 Å². The molecule has 2 heterocycles. The predicted octanol–water partition coefficient (Wildman–Crippen LogP) is 3.57. The van der Waals surface area contributed by atoms with Gasteiger partial charge in [-0.3, -0.25) is 0 Å². The second-order valence-electron chi connectivity index (χ2n) is 5.67. The van der Waals surface area contributed by atoms with Crippen LogP contribution in [0.2, 0.25) is 5.02 Å². The number of benzene rings is 2. The van der Waals surface area contributed by atoms with E-state index in [2.05, 4.69) is 4.98 Å². The number of aromatic nitrogens is 1. The first kappa shape index (κ1) is 14.8. The van der Waals surface area contributed by atoms with Gasteiger partial charge in [0.05, 0.1) is 4.90 Å². The third kappa shape index (κ3) is 2.45. The Bertz CT molecular complexity index is 981. The Morgan fingerprint density at radius 1 is 1.09 bits per heavy atom. The lowest BCUT2D eigenvalue weighted by molar-refractivity contribution is 0.391. The average Bonchev–Trinajstić information content (AvgIpc) is 2.93. The van der Waals surface area contributed by atoms with Gasteiger partial charge in [-0.15, -0.1) is 0 Å². The molecule has 3 aromatic rings. The van der Waals surface area contributed by atoms with E-state index in [0.29, 0.717) is 29.4 Å². The minimum atomic E-state index is -3.47. The Balaban J connectivity index is 1.77. The summed E-state index contributed by atoms with van der Waals surface area (Å²) in [5, 5.41) is 1.66. The maximum Gasteiger partial charge on any atom is 0.243 e. The van der Waals surface area contributed by atoms with E-state index in [4.69, 9.17) is 11.6 Å². The molecule has 0 radical (unpaired) electrons. The van der Waals surface area contributed by atoms with Crippen molar-refractivity contribution in [1.29, 1.82) is 0 Å². The van der Waals surface area contributed by atoms with Crippen LogP contribution in [0.5, 0.6) is 0 Å². The summed E-state index contributed by atoms with van der Waals surface area (Å²) in [6, 6.07) is 14.2. The minimum absolute atomic E-state index is 0.335. The molecule has 0 bridgehead atoms. The van der Waals surface area contributed by atoms with Gasteiger partial charge in [-0.25, -0.2) is 8.42 Å². The van der Waals surface area contributed by atoms with Crippen LogP contribution < -0.4 is 0 Å². The molecule has 6 heteroatoms. The summed E-state index contributed by atoms with van der Waals surface area (Å²) < 4.78 is 27.2. The molecule has 0 atom stereocenters. The van der Waals surface area contributed by atoms with Crippen molar-refractivity contribution >= 4 is 32.5 Å². The van der Waals surface area contributed by atoms with Gasteiger partial charge in [-0.05, 0) is 35.9 Å².